The van der Waals surface area contributed by atoms with Crippen molar-refractivity contribution in [1.29, 1.82) is 0 Å². The Hall–Kier alpha value is -2.34. The Morgan fingerprint density at radius 3 is 2.43 bits per heavy atom. The van der Waals surface area contributed by atoms with Crippen LogP contribution in [0.1, 0.15) is 35.6 Å². The van der Waals surface area contributed by atoms with Gasteiger partial charge in [-0.1, -0.05) is 54.6 Å². The molecule has 0 nitrogen and oxygen atoms in total. The first-order valence-corrected chi connectivity index (χ1v) is 7.57. The summed E-state index contributed by atoms with van der Waals surface area (Å²) in [6.07, 6.45) is 9.93. The molecule has 2 aromatic carbocycles. The molecule has 0 aliphatic heterocycles. The van der Waals surface area contributed by atoms with Crippen LogP contribution in [0.4, 0.5) is 0 Å². The van der Waals surface area contributed by atoms with Crippen LogP contribution in [-0.4, -0.2) is 0 Å². The zero-order chi connectivity index (χ0) is 14.4. The van der Waals surface area contributed by atoms with Crippen molar-refractivity contribution in [3.63, 3.8) is 0 Å². The van der Waals surface area contributed by atoms with E-state index in [2.05, 4.69) is 74.5 Å². The highest BCUT2D eigenvalue weighted by atomic mass is 14.3. The van der Waals surface area contributed by atoms with Crippen LogP contribution < -0.4 is 0 Å². The molecule has 0 saturated carbocycles. The number of rotatable bonds is 1. The number of benzene rings is 2. The summed E-state index contributed by atoms with van der Waals surface area (Å²) in [6.45, 7) is 4.36. The number of hydrogen-bond donors (Lipinski definition) is 0. The molecule has 0 fully saturated rings. The molecular weight excluding hydrogens is 252 g/mol. The van der Waals surface area contributed by atoms with Crippen molar-refractivity contribution >= 4 is 11.1 Å². The number of fused-ring (bicyclic) bond motifs is 3. The molecule has 0 aromatic heterocycles. The first-order chi connectivity index (χ1) is 10.3. The Labute approximate surface area is 126 Å². The SMILES string of the molecule is C/C=C1\c2ccccc2-c2cc(C)c(C3=CC=CC3)cc21. The molecule has 0 bridgehead atoms. The van der Waals surface area contributed by atoms with Crippen molar-refractivity contribution in [3.8, 4) is 11.1 Å². The highest BCUT2D eigenvalue weighted by Crippen LogP contribution is 2.46. The van der Waals surface area contributed by atoms with Crippen LogP contribution >= 0.6 is 0 Å². The second-order valence-electron chi connectivity index (χ2n) is 5.78. The zero-order valence-electron chi connectivity index (χ0n) is 12.5. The molecule has 0 atom stereocenters. The van der Waals surface area contributed by atoms with Gasteiger partial charge in [0, 0.05) is 0 Å². The third kappa shape index (κ3) is 1.76. The Bertz CT molecular complexity index is 829. The van der Waals surface area contributed by atoms with Gasteiger partial charge >= 0.3 is 0 Å². The number of hydrogen-bond acceptors (Lipinski definition) is 0. The van der Waals surface area contributed by atoms with Gasteiger partial charge in [0.15, 0.2) is 0 Å². The number of allylic oxidation sites excluding steroid dienone is 5. The van der Waals surface area contributed by atoms with Gasteiger partial charge in [0.05, 0.1) is 0 Å². The maximum atomic E-state index is 2.39. The molecule has 102 valence electrons. The summed E-state index contributed by atoms with van der Waals surface area (Å²) in [7, 11) is 0. The standard InChI is InChI=1S/C21H18/c1-3-16-17-10-6-7-11-18(17)20-12-14(2)19(13-21(16)20)15-8-4-5-9-15/h3-8,10-13H,9H2,1-2H3/b16-3+. The maximum Gasteiger partial charge on any atom is -0.00883 e. The van der Waals surface area contributed by atoms with Gasteiger partial charge in [-0.15, -0.1) is 0 Å². The second kappa shape index (κ2) is 4.60. The Morgan fingerprint density at radius 1 is 0.905 bits per heavy atom. The molecule has 2 aromatic rings. The van der Waals surface area contributed by atoms with E-state index in [0.29, 0.717) is 0 Å². The van der Waals surface area contributed by atoms with E-state index in [9.17, 15) is 0 Å². The molecule has 0 heterocycles. The van der Waals surface area contributed by atoms with Crippen molar-refractivity contribution in [2.45, 2.75) is 20.3 Å². The van der Waals surface area contributed by atoms with Gasteiger partial charge in [0.1, 0.15) is 0 Å². The molecule has 0 heteroatoms. The molecule has 0 unspecified atom stereocenters. The van der Waals surface area contributed by atoms with Crippen molar-refractivity contribution in [3.05, 3.63) is 83.0 Å². The fourth-order valence-electron chi connectivity index (χ4n) is 3.56. The Kier molecular flexibility index (Phi) is 2.71. The lowest BCUT2D eigenvalue weighted by atomic mass is 9.93. The van der Waals surface area contributed by atoms with E-state index in [1.165, 1.54) is 44.5 Å². The van der Waals surface area contributed by atoms with Gasteiger partial charge in [0.2, 0.25) is 0 Å². The molecule has 0 spiro atoms. The van der Waals surface area contributed by atoms with Crippen LogP contribution in [-0.2, 0) is 0 Å². The lowest BCUT2D eigenvalue weighted by Gasteiger charge is -2.11. The van der Waals surface area contributed by atoms with Crippen molar-refractivity contribution in [2.24, 2.45) is 0 Å². The third-order valence-electron chi connectivity index (χ3n) is 4.57. The molecule has 4 rings (SSSR count). The van der Waals surface area contributed by atoms with Gasteiger partial charge in [-0.05, 0) is 70.9 Å². The molecule has 0 saturated heterocycles. The molecule has 0 amide bonds. The minimum Gasteiger partial charge on any atom is -0.0801 e. The topological polar surface area (TPSA) is 0 Å². The van der Waals surface area contributed by atoms with Gasteiger partial charge in [-0.25, -0.2) is 0 Å². The molecule has 2 aliphatic carbocycles. The highest BCUT2D eigenvalue weighted by molar-refractivity contribution is 6.02. The smallest absolute Gasteiger partial charge is 0.00883 e. The maximum absolute atomic E-state index is 2.39. The minimum absolute atomic E-state index is 1.05. The normalized spacial score (nSPS) is 17.0. The van der Waals surface area contributed by atoms with E-state index in [-0.39, 0.29) is 0 Å². The molecule has 2 aliphatic rings. The van der Waals surface area contributed by atoms with Crippen molar-refractivity contribution in [2.75, 3.05) is 0 Å². The largest absolute Gasteiger partial charge is 0.0801 e. The third-order valence-corrected chi connectivity index (χ3v) is 4.57. The average molecular weight is 270 g/mol. The van der Waals surface area contributed by atoms with Crippen LogP contribution in [0.15, 0.2) is 60.7 Å². The first-order valence-electron chi connectivity index (χ1n) is 7.57. The minimum atomic E-state index is 1.05. The van der Waals surface area contributed by atoms with Crippen LogP contribution in [0.2, 0.25) is 0 Å². The summed E-state index contributed by atoms with van der Waals surface area (Å²) < 4.78 is 0. The molecule has 21 heavy (non-hydrogen) atoms. The fraction of sp³-hybridized carbons (Fsp3) is 0.143. The summed E-state index contributed by atoms with van der Waals surface area (Å²) in [4.78, 5) is 0. The summed E-state index contributed by atoms with van der Waals surface area (Å²) in [5.74, 6) is 0. The lowest BCUT2D eigenvalue weighted by Crippen LogP contribution is -1.91. The van der Waals surface area contributed by atoms with Gasteiger partial charge in [0.25, 0.3) is 0 Å². The van der Waals surface area contributed by atoms with E-state index in [0.717, 1.165) is 6.42 Å². The summed E-state index contributed by atoms with van der Waals surface area (Å²) in [5.41, 5.74) is 11.1. The quantitative estimate of drug-likeness (QED) is 0.526. The van der Waals surface area contributed by atoms with E-state index in [1.54, 1.807) is 0 Å². The van der Waals surface area contributed by atoms with Crippen molar-refractivity contribution in [1.82, 2.24) is 0 Å². The van der Waals surface area contributed by atoms with Gasteiger partial charge in [-0.2, -0.15) is 0 Å². The number of aryl methyl sites for hydroxylation is 1. The lowest BCUT2D eigenvalue weighted by molar-refractivity contribution is 1.36. The van der Waals surface area contributed by atoms with E-state index in [4.69, 9.17) is 0 Å². The van der Waals surface area contributed by atoms with E-state index >= 15 is 0 Å². The van der Waals surface area contributed by atoms with Gasteiger partial charge < -0.3 is 0 Å². The van der Waals surface area contributed by atoms with E-state index < -0.39 is 0 Å². The van der Waals surface area contributed by atoms with Crippen LogP contribution in [0.3, 0.4) is 0 Å². The average Bonchev–Trinajstić information content (AvgIpc) is 3.12. The summed E-state index contributed by atoms with van der Waals surface area (Å²) >= 11 is 0. The fourth-order valence-corrected chi connectivity index (χ4v) is 3.56. The van der Waals surface area contributed by atoms with Gasteiger partial charge in [-0.3, -0.25) is 0 Å². The predicted octanol–water partition coefficient (Wildman–Crippen LogP) is 5.77. The first kappa shape index (κ1) is 12.4. The van der Waals surface area contributed by atoms with Crippen LogP contribution in [0.25, 0.3) is 22.3 Å². The van der Waals surface area contributed by atoms with Crippen LogP contribution in [0.5, 0.6) is 0 Å². The predicted molar refractivity (Wildman–Crippen MR) is 91.1 cm³/mol. The second-order valence-corrected chi connectivity index (χ2v) is 5.78. The van der Waals surface area contributed by atoms with Crippen LogP contribution in [0, 0.1) is 6.92 Å². The monoisotopic (exact) mass is 270 g/mol. The zero-order valence-corrected chi connectivity index (χ0v) is 12.5. The van der Waals surface area contributed by atoms with E-state index in [1.807, 2.05) is 0 Å². The molecule has 0 radical (unpaired) electrons. The Balaban J connectivity index is 1.97. The van der Waals surface area contributed by atoms with Crippen molar-refractivity contribution < 1.29 is 0 Å². The summed E-state index contributed by atoms with van der Waals surface area (Å²) in [5, 5.41) is 0. The summed E-state index contributed by atoms with van der Waals surface area (Å²) in [6, 6.07) is 13.5. The molecular formula is C21H18. The Morgan fingerprint density at radius 2 is 1.71 bits per heavy atom. The molecule has 0 N–H and O–H groups in total. The highest BCUT2D eigenvalue weighted by Gasteiger charge is 2.24.